The van der Waals surface area contributed by atoms with Crippen LogP contribution >= 0.6 is 0 Å². The quantitative estimate of drug-likeness (QED) is 0.533. The zero-order chi connectivity index (χ0) is 22.5. The van der Waals surface area contributed by atoms with Gasteiger partial charge in [-0.3, -0.25) is 14.4 Å². The van der Waals surface area contributed by atoms with Crippen LogP contribution in [0.2, 0.25) is 0 Å². The van der Waals surface area contributed by atoms with Gasteiger partial charge in [-0.15, -0.1) is 0 Å². The van der Waals surface area contributed by atoms with Gasteiger partial charge in [-0.2, -0.15) is 0 Å². The number of carbonyl (C=O) groups excluding carboxylic acids is 3. The molecule has 2 amide bonds. The first-order valence-corrected chi connectivity index (χ1v) is 9.30. The molecular weight excluding hydrogens is 405 g/mol. The molecule has 160 valence electrons. The Morgan fingerprint density at radius 2 is 1.87 bits per heavy atom. The van der Waals surface area contributed by atoms with Crippen molar-refractivity contribution >= 4 is 17.6 Å². The van der Waals surface area contributed by atoms with E-state index in [-0.39, 0.29) is 35.1 Å². The lowest BCUT2D eigenvalue weighted by Gasteiger charge is -2.16. The number of oxazole rings is 1. The molecule has 0 aliphatic carbocycles. The number of primary amides is 1. The van der Waals surface area contributed by atoms with E-state index in [1.807, 2.05) is 0 Å². The number of benzene rings is 2. The molecule has 0 aliphatic heterocycles. The van der Waals surface area contributed by atoms with Gasteiger partial charge in [0.1, 0.15) is 11.7 Å². The van der Waals surface area contributed by atoms with Gasteiger partial charge in [0, 0.05) is 18.9 Å². The lowest BCUT2D eigenvalue weighted by atomic mass is 10.0. The predicted molar refractivity (Wildman–Crippen MR) is 109 cm³/mol. The second kappa shape index (κ2) is 9.21. The highest BCUT2D eigenvalue weighted by Gasteiger charge is 2.30. The summed E-state index contributed by atoms with van der Waals surface area (Å²) in [6, 6.07) is 11.9. The van der Waals surface area contributed by atoms with Crippen molar-refractivity contribution in [3.8, 4) is 17.0 Å². The number of hydrogen-bond donors (Lipinski definition) is 2. The molecule has 0 saturated heterocycles. The summed E-state index contributed by atoms with van der Waals surface area (Å²) in [5, 5.41) is 2.46. The number of aromatic nitrogens is 1. The first-order valence-electron chi connectivity index (χ1n) is 9.30. The fourth-order valence-electron chi connectivity index (χ4n) is 3.07. The minimum atomic E-state index is -1.24. The molecule has 0 spiro atoms. The Morgan fingerprint density at radius 3 is 2.52 bits per heavy atom. The smallest absolute Gasteiger partial charge is 0.290 e. The summed E-state index contributed by atoms with van der Waals surface area (Å²) >= 11 is 0. The van der Waals surface area contributed by atoms with E-state index in [0.29, 0.717) is 5.56 Å². The number of hydrogen-bond acceptors (Lipinski definition) is 6. The molecular formula is C22H20FN3O5. The van der Waals surface area contributed by atoms with Crippen LogP contribution in [0.4, 0.5) is 4.39 Å². The fourth-order valence-corrected chi connectivity index (χ4v) is 3.07. The monoisotopic (exact) mass is 425 g/mol. The Kier molecular flexibility index (Phi) is 6.44. The first-order chi connectivity index (χ1) is 14.8. The molecule has 0 aliphatic rings. The molecule has 31 heavy (non-hydrogen) atoms. The lowest BCUT2D eigenvalue weighted by molar-refractivity contribution is -0.137. The van der Waals surface area contributed by atoms with E-state index in [4.69, 9.17) is 14.9 Å². The minimum absolute atomic E-state index is 0.0119. The van der Waals surface area contributed by atoms with Gasteiger partial charge >= 0.3 is 0 Å². The number of nitrogens with zero attached hydrogens (tertiary/aromatic N) is 1. The van der Waals surface area contributed by atoms with Gasteiger partial charge in [0.15, 0.2) is 17.5 Å². The third-order valence-electron chi connectivity index (χ3n) is 4.53. The molecule has 8 nitrogen and oxygen atoms in total. The van der Waals surface area contributed by atoms with E-state index in [0.717, 1.165) is 0 Å². The highest BCUT2D eigenvalue weighted by atomic mass is 19.1. The van der Waals surface area contributed by atoms with Crippen molar-refractivity contribution in [3.05, 3.63) is 71.6 Å². The van der Waals surface area contributed by atoms with Crippen LogP contribution in [-0.2, 0) is 16.0 Å². The van der Waals surface area contributed by atoms with Crippen molar-refractivity contribution in [2.75, 3.05) is 7.11 Å². The van der Waals surface area contributed by atoms with Crippen molar-refractivity contribution in [2.45, 2.75) is 19.4 Å². The molecule has 0 saturated carbocycles. The second-order valence-corrected chi connectivity index (χ2v) is 6.68. The predicted octanol–water partition coefficient (Wildman–Crippen LogP) is 2.19. The molecule has 1 heterocycles. The van der Waals surface area contributed by atoms with Crippen molar-refractivity contribution < 1.29 is 27.9 Å². The summed E-state index contributed by atoms with van der Waals surface area (Å²) in [5.74, 6) is -3.94. The van der Waals surface area contributed by atoms with Gasteiger partial charge in [0.25, 0.3) is 11.8 Å². The highest BCUT2D eigenvalue weighted by Crippen LogP contribution is 2.31. The summed E-state index contributed by atoms with van der Waals surface area (Å²) in [5.41, 5.74) is 5.78. The number of nitrogens with two attached hydrogens (primary N) is 1. The van der Waals surface area contributed by atoms with E-state index in [1.165, 1.54) is 32.2 Å². The van der Waals surface area contributed by atoms with Crippen LogP contribution in [0.3, 0.4) is 0 Å². The number of amides is 2. The average Bonchev–Trinajstić information content (AvgIpc) is 3.15. The van der Waals surface area contributed by atoms with Crippen molar-refractivity contribution in [3.63, 3.8) is 0 Å². The largest absolute Gasteiger partial charge is 0.494 e. The molecule has 2 aromatic carbocycles. The molecule has 9 heteroatoms. The Bertz CT molecular complexity index is 1130. The topological polar surface area (TPSA) is 125 Å². The standard InChI is InChI=1S/C22H20FN3O5/c1-12-25-18(14-9-6-10-16(30-2)17(14)23)20(31-12)22(29)26-15(19(27)21(24)28)11-13-7-4-3-5-8-13/h3-10,15H,11H2,1-2H3,(H2,24,28)(H,26,29). The zero-order valence-corrected chi connectivity index (χ0v) is 16.8. The molecule has 0 bridgehead atoms. The van der Waals surface area contributed by atoms with Gasteiger partial charge in [-0.05, 0) is 17.7 Å². The minimum Gasteiger partial charge on any atom is -0.494 e. The number of halogens is 1. The summed E-state index contributed by atoms with van der Waals surface area (Å²) in [4.78, 5) is 40.8. The SMILES string of the molecule is COc1cccc(-c2nc(C)oc2C(=O)NC(Cc2ccccc2)C(=O)C(N)=O)c1F. The van der Waals surface area contributed by atoms with Crippen molar-refractivity contribution in [1.82, 2.24) is 10.3 Å². The van der Waals surface area contributed by atoms with Crippen molar-refractivity contribution in [2.24, 2.45) is 5.73 Å². The summed E-state index contributed by atoms with van der Waals surface area (Å²) in [6.07, 6.45) is 0.0321. The number of ketones is 1. The van der Waals surface area contributed by atoms with Crippen LogP contribution in [0, 0.1) is 12.7 Å². The van der Waals surface area contributed by atoms with E-state index < -0.39 is 29.5 Å². The van der Waals surface area contributed by atoms with E-state index >= 15 is 0 Å². The molecule has 0 radical (unpaired) electrons. The van der Waals surface area contributed by atoms with Gasteiger partial charge in [0.05, 0.1) is 7.11 Å². The number of aryl methyl sites for hydroxylation is 1. The van der Waals surface area contributed by atoms with Crippen LogP contribution in [0.5, 0.6) is 5.75 Å². The third-order valence-corrected chi connectivity index (χ3v) is 4.53. The first kappa shape index (κ1) is 21.7. The van der Waals surface area contributed by atoms with Crippen LogP contribution < -0.4 is 15.8 Å². The maximum absolute atomic E-state index is 14.7. The van der Waals surface area contributed by atoms with Crippen LogP contribution in [0.1, 0.15) is 22.0 Å². The molecule has 3 rings (SSSR count). The number of methoxy groups -OCH3 is 1. The lowest BCUT2D eigenvalue weighted by Crippen LogP contribution is -2.47. The normalized spacial score (nSPS) is 11.6. The fraction of sp³-hybridized carbons (Fsp3) is 0.182. The highest BCUT2D eigenvalue weighted by molar-refractivity contribution is 6.38. The molecule has 0 fully saturated rings. The van der Waals surface area contributed by atoms with Crippen molar-refractivity contribution in [1.29, 1.82) is 0 Å². The van der Waals surface area contributed by atoms with E-state index in [2.05, 4.69) is 10.3 Å². The van der Waals surface area contributed by atoms with Crippen LogP contribution in [-0.4, -0.2) is 35.7 Å². The molecule has 3 N–H and O–H groups in total. The Labute approximate surface area is 177 Å². The summed E-state index contributed by atoms with van der Waals surface area (Å²) < 4.78 is 25.1. The zero-order valence-electron chi connectivity index (χ0n) is 16.8. The summed E-state index contributed by atoms with van der Waals surface area (Å²) in [6.45, 7) is 1.49. The van der Waals surface area contributed by atoms with E-state index in [9.17, 15) is 18.8 Å². The number of rotatable bonds is 8. The number of nitrogens with one attached hydrogen (secondary N) is 1. The van der Waals surface area contributed by atoms with Gasteiger partial charge in [0.2, 0.25) is 11.5 Å². The van der Waals surface area contributed by atoms with Gasteiger partial charge in [-0.25, -0.2) is 9.37 Å². The maximum atomic E-state index is 14.7. The van der Waals surface area contributed by atoms with Crippen LogP contribution in [0.25, 0.3) is 11.3 Å². The Hall–Kier alpha value is -4.01. The molecule has 1 atom stereocenters. The summed E-state index contributed by atoms with van der Waals surface area (Å²) in [7, 11) is 1.31. The van der Waals surface area contributed by atoms with Gasteiger partial charge in [-0.1, -0.05) is 36.4 Å². The Balaban J connectivity index is 1.95. The van der Waals surface area contributed by atoms with Crippen LogP contribution in [0.15, 0.2) is 52.9 Å². The molecule has 1 aromatic heterocycles. The number of ether oxygens (including phenoxy) is 1. The van der Waals surface area contributed by atoms with E-state index in [1.54, 1.807) is 30.3 Å². The maximum Gasteiger partial charge on any atom is 0.290 e. The number of Topliss-reactive ketones (excluding diaryl/α,β-unsaturated/α-hetero) is 1. The number of carbonyl (C=O) groups is 3. The second-order valence-electron chi connectivity index (χ2n) is 6.68. The average molecular weight is 425 g/mol. The van der Waals surface area contributed by atoms with Gasteiger partial charge < -0.3 is 20.2 Å². The molecule has 1 unspecified atom stereocenters. The molecule has 3 aromatic rings. The third kappa shape index (κ3) is 4.77. The Morgan fingerprint density at radius 1 is 1.16 bits per heavy atom.